The molecule has 1 saturated heterocycles. The summed E-state index contributed by atoms with van der Waals surface area (Å²) < 4.78 is 36.6. The monoisotopic (exact) mass is 268 g/mol. The van der Waals surface area contributed by atoms with Crippen LogP contribution in [0, 0.1) is 5.41 Å². The van der Waals surface area contributed by atoms with Gasteiger partial charge in [-0.05, 0) is 5.41 Å². The third-order valence-electron chi connectivity index (χ3n) is 3.30. The largest absolute Gasteiger partial charge is 0.401 e. The summed E-state index contributed by atoms with van der Waals surface area (Å²) in [4.78, 5) is 3.45. The summed E-state index contributed by atoms with van der Waals surface area (Å²) in [5, 5.41) is 9.96. The second kappa shape index (κ2) is 5.75. The fraction of sp³-hybridized carbons (Fsp3) is 1.00. The van der Waals surface area contributed by atoms with Crippen molar-refractivity contribution in [2.24, 2.45) is 5.41 Å². The number of aliphatic hydroxyl groups is 1. The number of nitrogens with zero attached hydrogens (tertiary/aromatic N) is 2. The summed E-state index contributed by atoms with van der Waals surface area (Å²) >= 11 is 0. The third kappa shape index (κ3) is 5.54. The Morgan fingerprint density at radius 1 is 1.00 bits per heavy atom. The van der Waals surface area contributed by atoms with Crippen LogP contribution in [0.2, 0.25) is 0 Å². The van der Waals surface area contributed by atoms with Crippen molar-refractivity contribution in [1.82, 2.24) is 9.80 Å². The van der Waals surface area contributed by atoms with Crippen LogP contribution in [0.3, 0.4) is 0 Å². The minimum atomic E-state index is -4.12. The maximum Gasteiger partial charge on any atom is 0.401 e. The van der Waals surface area contributed by atoms with Gasteiger partial charge in [0.05, 0.1) is 12.6 Å². The Morgan fingerprint density at radius 3 is 1.83 bits per heavy atom. The number of piperazine rings is 1. The first-order chi connectivity index (χ1) is 8.08. The van der Waals surface area contributed by atoms with Crippen molar-refractivity contribution in [2.75, 3.05) is 39.3 Å². The SMILES string of the molecule is CC(C)(C)C(O)CN1CCN(CC(F)(F)F)CC1. The molecule has 0 aliphatic carbocycles. The van der Waals surface area contributed by atoms with Crippen LogP contribution in [0.5, 0.6) is 0 Å². The lowest BCUT2D eigenvalue weighted by molar-refractivity contribution is -0.149. The van der Waals surface area contributed by atoms with Gasteiger partial charge in [-0.2, -0.15) is 13.2 Å². The van der Waals surface area contributed by atoms with Crippen LogP contribution in [-0.2, 0) is 0 Å². The molecule has 0 bridgehead atoms. The van der Waals surface area contributed by atoms with Gasteiger partial charge in [-0.3, -0.25) is 9.80 Å². The summed E-state index contributed by atoms with van der Waals surface area (Å²) in [6.45, 7) is 7.57. The molecule has 0 aromatic carbocycles. The molecule has 0 aromatic rings. The first kappa shape index (κ1) is 15.7. The van der Waals surface area contributed by atoms with Crippen molar-refractivity contribution in [2.45, 2.75) is 33.1 Å². The molecule has 3 nitrogen and oxygen atoms in total. The van der Waals surface area contributed by atoms with Gasteiger partial charge in [0.25, 0.3) is 0 Å². The zero-order valence-electron chi connectivity index (χ0n) is 11.3. The number of hydrogen-bond donors (Lipinski definition) is 1. The molecule has 1 atom stereocenters. The fourth-order valence-electron chi connectivity index (χ4n) is 1.90. The topological polar surface area (TPSA) is 26.7 Å². The predicted octanol–water partition coefficient (Wildman–Crippen LogP) is 1.57. The van der Waals surface area contributed by atoms with E-state index in [-0.39, 0.29) is 5.41 Å². The Morgan fingerprint density at radius 2 is 1.44 bits per heavy atom. The second-order valence-corrected chi connectivity index (χ2v) is 6.07. The molecule has 6 heteroatoms. The first-order valence-electron chi connectivity index (χ1n) is 6.27. The van der Waals surface area contributed by atoms with Gasteiger partial charge >= 0.3 is 6.18 Å². The van der Waals surface area contributed by atoms with Crippen LogP contribution in [0.15, 0.2) is 0 Å². The Bertz CT molecular complexity index is 255. The van der Waals surface area contributed by atoms with Gasteiger partial charge in [-0.15, -0.1) is 0 Å². The Kier molecular flexibility index (Phi) is 5.03. The van der Waals surface area contributed by atoms with Gasteiger partial charge in [0.1, 0.15) is 0 Å². The van der Waals surface area contributed by atoms with E-state index in [1.807, 2.05) is 25.7 Å². The number of hydrogen-bond acceptors (Lipinski definition) is 3. The maximum atomic E-state index is 12.2. The van der Waals surface area contributed by atoms with Crippen LogP contribution in [0.25, 0.3) is 0 Å². The standard InChI is InChI=1S/C12H23F3N2O/c1-11(2,3)10(18)8-16-4-6-17(7-5-16)9-12(13,14)15/h10,18H,4-9H2,1-3H3. The van der Waals surface area contributed by atoms with Crippen molar-refractivity contribution in [3.63, 3.8) is 0 Å². The van der Waals surface area contributed by atoms with E-state index in [1.54, 1.807) is 0 Å². The Labute approximate surface area is 107 Å². The molecular formula is C12H23F3N2O. The first-order valence-corrected chi connectivity index (χ1v) is 6.27. The van der Waals surface area contributed by atoms with Crippen molar-refractivity contribution < 1.29 is 18.3 Å². The molecule has 1 aliphatic heterocycles. The van der Waals surface area contributed by atoms with E-state index < -0.39 is 18.8 Å². The molecule has 0 aromatic heterocycles. The lowest BCUT2D eigenvalue weighted by Gasteiger charge is -2.38. The number of rotatable bonds is 3. The molecule has 0 amide bonds. The van der Waals surface area contributed by atoms with E-state index in [0.717, 1.165) is 0 Å². The highest BCUT2D eigenvalue weighted by Crippen LogP contribution is 2.21. The minimum Gasteiger partial charge on any atom is -0.391 e. The van der Waals surface area contributed by atoms with Crippen LogP contribution in [-0.4, -0.2) is 66.5 Å². The maximum absolute atomic E-state index is 12.2. The van der Waals surface area contributed by atoms with Gasteiger partial charge in [0, 0.05) is 32.7 Å². The molecule has 108 valence electrons. The average molecular weight is 268 g/mol. The smallest absolute Gasteiger partial charge is 0.391 e. The van der Waals surface area contributed by atoms with Gasteiger partial charge in [0.2, 0.25) is 0 Å². The van der Waals surface area contributed by atoms with E-state index in [9.17, 15) is 18.3 Å². The average Bonchev–Trinajstić information content (AvgIpc) is 2.17. The molecule has 0 saturated carbocycles. The zero-order valence-corrected chi connectivity index (χ0v) is 11.3. The highest BCUT2D eigenvalue weighted by atomic mass is 19.4. The third-order valence-corrected chi connectivity index (χ3v) is 3.30. The number of alkyl halides is 3. The van der Waals surface area contributed by atoms with E-state index in [2.05, 4.69) is 0 Å². The quantitative estimate of drug-likeness (QED) is 0.842. The van der Waals surface area contributed by atoms with Gasteiger partial charge < -0.3 is 5.11 Å². The molecule has 1 heterocycles. The number of β-amino-alcohol motifs (C(OH)–C–C–N with tert-alkyl or cyclic N) is 1. The summed E-state index contributed by atoms with van der Waals surface area (Å²) in [6.07, 6.45) is -4.57. The molecule has 1 unspecified atom stereocenters. The van der Waals surface area contributed by atoms with Gasteiger partial charge in [0.15, 0.2) is 0 Å². The Hall–Kier alpha value is -0.330. The van der Waals surface area contributed by atoms with Crippen molar-refractivity contribution in [3.05, 3.63) is 0 Å². The molecule has 18 heavy (non-hydrogen) atoms. The van der Waals surface area contributed by atoms with E-state index >= 15 is 0 Å². The highest BCUT2D eigenvalue weighted by Gasteiger charge is 2.33. The number of aliphatic hydroxyl groups excluding tert-OH is 1. The van der Waals surface area contributed by atoms with Crippen molar-refractivity contribution in [1.29, 1.82) is 0 Å². The molecule has 0 radical (unpaired) electrons. The summed E-state index contributed by atoms with van der Waals surface area (Å²) in [7, 11) is 0. The van der Waals surface area contributed by atoms with Gasteiger partial charge in [-0.25, -0.2) is 0 Å². The lowest BCUT2D eigenvalue weighted by Crippen LogP contribution is -2.51. The van der Waals surface area contributed by atoms with Crippen molar-refractivity contribution in [3.8, 4) is 0 Å². The summed E-state index contributed by atoms with van der Waals surface area (Å²) in [5.41, 5.74) is -0.191. The lowest BCUT2D eigenvalue weighted by atomic mass is 9.89. The molecule has 0 spiro atoms. The highest BCUT2D eigenvalue weighted by molar-refractivity contribution is 4.80. The number of halogens is 3. The van der Waals surface area contributed by atoms with Crippen molar-refractivity contribution >= 4 is 0 Å². The zero-order chi connectivity index (χ0) is 14.0. The predicted molar refractivity (Wildman–Crippen MR) is 64.4 cm³/mol. The van der Waals surface area contributed by atoms with E-state index in [1.165, 1.54) is 4.90 Å². The molecule has 1 aliphatic rings. The second-order valence-electron chi connectivity index (χ2n) is 6.07. The molecule has 1 N–H and O–H groups in total. The van der Waals surface area contributed by atoms with Crippen LogP contribution in [0.4, 0.5) is 13.2 Å². The van der Waals surface area contributed by atoms with Crippen LogP contribution < -0.4 is 0 Å². The summed E-state index contributed by atoms with van der Waals surface area (Å²) in [6, 6.07) is 0. The van der Waals surface area contributed by atoms with E-state index in [4.69, 9.17) is 0 Å². The molecular weight excluding hydrogens is 245 g/mol. The van der Waals surface area contributed by atoms with E-state index in [0.29, 0.717) is 32.7 Å². The molecule has 1 rings (SSSR count). The van der Waals surface area contributed by atoms with Crippen LogP contribution >= 0.6 is 0 Å². The minimum absolute atomic E-state index is 0.191. The molecule has 1 fully saturated rings. The normalized spacial score (nSPS) is 22.2. The fourth-order valence-corrected chi connectivity index (χ4v) is 1.90. The van der Waals surface area contributed by atoms with Gasteiger partial charge in [-0.1, -0.05) is 20.8 Å². The Balaban J connectivity index is 2.32. The summed E-state index contributed by atoms with van der Waals surface area (Å²) in [5.74, 6) is 0. The van der Waals surface area contributed by atoms with Crippen LogP contribution in [0.1, 0.15) is 20.8 Å².